The fourth-order valence-corrected chi connectivity index (χ4v) is 3.97. The zero-order valence-corrected chi connectivity index (χ0v) is 17.6. The van der Waals surface area contributed by atoms with Crippen molar-refractivity contribution in [1.29, 1.82) is 5.26 Å². The van der Waals surface area contributed by atoms with Crippen molar-refractivity contribution in [3.05, 3.63) is 71.1 Å². The van der Waals surface area contributed by atoms with Gasteiger partial charge in [-0.2, -0.15) is 10.4 Å². The van der Waals surface area contributed by atoms with E-state index in [1.165, 1.54) is 15.6 Å². The summed E-state index contributed by atoms with van der Waals surface area (Å²) in [6, 6.07) is 12.7. The lowest BCUT2D eigenvalue weighted by Crippen LogP contribution is -2.32. The molecule has 0 radical (unpaired) electrons. The van der Waals surface area contributed by atoms with Crippen molar-refractivity contribution in [2.24, 2.45) is 0 Å². The quantitative estimate of drug-likeness (QED) is 0.543. The van der Waals surface area contributed by atoms with Gasteiger partial charge in [-0.25, -0.2) is 13.5 Å². The topological polar surface area (TPSA) is 71.2 Å². The van der Waals surface area contributed by atoms with Gasteiger partial charge in [0.1, 0.15) is 5.75 Å². The van der Waals surface area contributed by atoms with Gasteiger partial charge in [0.15, 0.2) is 17.3 Å². The standard InChI is InChI=1S/C24H22F2N4O2/c1-2-32-18-10-7-16(8-11-18)29(14-4-13-27)24(31)23-19-5-3-6-22(19)30(28-23)17-9-12-20(25)21(26)15-17/h7-12,15H,2-6,14H2,1H3. The molecule has 8 heteroatoms. The van der Waals surface area contributed by atoms with E-state index in [2.05, 4.69) is 11.2 Å². The number of anilines is 1. The zero-order valence-electron chi connectivity index (χ0n) is 17.6. The molecular weight excluding hydrogens is 414 g/mol. The van der Waals surface area contributed by atoms with Crippen molar-refractivity contribution in [3.63, 3.8) is 0 Å². The van der Waals surface area contributed by atoms with Gasteiger partial charge in [0.2, 0.25) is 0 Å². The summed E-state index contributed by atoms with van der Waals surface area (Å²) >= 11 is 0. The Balaban J connectivity index is 1.72. The summed E-state index contributed by atoms with van der Waals surface area (Å²) in [5.74, 6) is -1.55. The van der Waals surface area contributed by atoms with Crippen molar-refractivity contribution in [3.8, 4) is 17.5 Å². The van der Waals surface area contributed by atoms with Crippen molar-refractivity contribution in [2.45, 2.75) is 32.6 Å². The molecule has 3 aromatic rings. The molecule has 1 aromatic heterocycles. The minimum Gasteiger partial charge on any atom is -0.494 e. The van der Waals surface area contributed by atoms with E-state index in [4.69, 9.17) is 10.00 Å². The Kier molecular flexibility index (Phi) is 6.17. The van der Waals surface area contributed by atoms with Crippen LogP contribution in [0.5, 0.6) is 5.75 Å². The summed E-state index contributed by atoms with van der Waals surface area (Å²) in [5.41, 5.74) is 2.90. The Morgan fingerprint density at radius 3 is 2.66 bits per heavy atom. The summed E-state index contributed by atoms with van der Waals surface area (Å²) in [6.45, 7) is 2.63. The molecule has 1 amide bonds. The molecule has 32 heavy (non-hydrogen) atoms. The Morgan fingerprint density at radius 1 is 1.19 bits per heavy atom. The summed E-state index contributed by atoms with van der Waals surface area (Å²) < 4.78 is 34.2. The predicted octanol–water partition coefficient (Wildman–Crippen LogP) is 4.60. The summed E-state index contributed by atoms with van der Waals surface area (Å²) in [5, 5.41) is 13.6. The van der Waals surface area contributed by atoms with Crippen LogP contribution in [-0.2, 0) is 12.8 Å². The minimum atomic E-state index is -0.970. The first-order valence-corrected chi connectivity index (χ1v) is 10.5. The SMILES string of the molecule is CCOc1ccc(N(CCC#N)C(=O)c2nn(-c3ccc(F)c(F)c3)c3c2CCC3)cc1. The summed E-state index contributed by atoms with van der Waals surface area (Å²) in [4.78, 5) is 15.1. The molecular formula is C24H22F2N4O2. The Bertz CT molecular complexity index is 1180. The molecule has 2 aromatic carbocycles. The molecule has 1 aliphatic carbocycles. The molecule has 0 N–H and O–H groups in total. The third-order valence-electron chi connectivity index (χ3n) is 5.43. The van der Waals surface area contributed by atoms with Crippen molar-refractivity contribution < 1.29 is 18.3 Å². The fraction of sp³-hybridized carbons (Fsp3) is 0.292. The second kappa shape index (κ2) is 9.18. The Morgan fingerprint density at radius 2 is 1.97 bits per heavy atom. The number of hydrogen-bond donors (Lipinski definition) is 0. The molecule has 4 rings (SSSR count). The molecule has 0 aliphatic heterocycles. The monoisotopic (exact) mass is 436 g/mol. The summed E-state index contributed by atoms with van der Waals surface area (Å²) in [6.07, 6.45) is 2.37. The van der Waals surface area contributed by atoms with E-state index in [0.717, 1.165) is 29.8 Å². The lowest BCUT2D eigenvalue weighted by molar-refractivity contribution is 0.0981. The number of nitriles is 1. The molecule has 0 saturated heterocycles. The van der Waals surface area contributed by atoms with Gasteiger partial charge in [-0.15, -0.1) is 0 Å². The number of benzene rings is 2. The lowest BCUT2D eigenvalue weighted by Gasteiger charge is -2.21. The van der Waals surface area contributed by atoms with Crippen LogP contribution in [0.25, 0.3) is 5.69 Å². The third kappa shape index (κ3) is 4.06. The van der Waals surface area contributed by atoms with Crippen LogP contribution in [0.3, 0.4) is 0 Å². The van der Waals surface area contributed by atoms with Crippen molar-refractivity contribution >= 4 is 11.6 Å². The highest BCUT2D eigenvalue weighted by molar-refractivity contribution is 6.06. The van der Waals surface area contributed by atoms with Crippen molar-refractivity contribution in [1.82, 2.24) is 9.78 Å². The molecule has 0 bridgehead atoms. The highest BCUT2D eigenvalue weighted by Gasteiger charge is 2.30. The van der Waals surface area contributed by atoms with Gasteiger partial charge in [-0.05, 0) is 62.6 Å². The molecule has 0 unspecified atom stereocenters. The lowest BCUT2D eigenvalue weighted by atomic mass is 10.1. The van der Waals surface area contributed by atoms with E-state index in [1.807, 2.05) is 6.92 Å². The van der Waals surface area contributed by atoms with Crippen LogP contribution in [0.1, 0.15) is 41.5 Å². The third-order valence-corrected chi connectivity index (χ3v) is 5.43. The molecule has 1 heterocycles. The van der Waals surface area contributed by atoms with Gasteiger partial charge in [-0.3, -0.25) is 4.79 Å². The van der Waals surface area contributed by atoms with Gasteiger partial charge < -0.3 is 9.64 Å². The van der Waals surface area contributed by atoms with Crippen LogP contribution >= 0.6 is 0 Å². The molecule has 0 atom stereocenters. The number of halogens is 2. The van der Waals surface area contributed by atoms with Crippen LogP contribution in [0.2, 0.25) is 0 Å². The van der Waals surface area contributed by atoms with Crippen LogP contribution in [0.15, 0.2) is 42.5 Å². The second-order valence-electron chi connectivity index (χ2n) is 7.43. The number of carbonyl (C=O) groups is 1. The molecule has 0 saturated carbocycles. The first kappa shape index (κ1) is 21.5. The number of carbonyl (C=O) groups excluding carboxylic acids is 1. The number of aromatic nitrogens is 2. The number of ether oxygens (including phenoxy) is 1. The molecule has 0 fully saturated rings. The average Bonchev–Trinajstić information content (AvgIpc) is 3.40. The highest BCUT2D eigenvalue weighted by Crippen LogP contribution is 2.30. The fourth-order valence-electron chi connectivity index (χ4n) is 3.97. The second-order valence-corrected chi connectivity index (χ2v) is 7.43. The first-order chi connectivity index (χ1) is 15.5. The smallest absolute Gasteiger partial charge is 0.279 e. The Labute approximate surface area is 184 Å². The maximum Gasteiger partial charge on any atom is 0.279 e. The number of hydrogen-bond acceptors (Lipinski definition) is 4. The number of rotatable bonds is 7. The normalized spacial score (nSPS) is 12.3. The maximum atomic E-state index is 13.8. The Hall–Kier alpha value is -3.73. The van der Waals surface area contributed by atoms with Gasteiger partial charge in [0.25, 0.3) is 5.91 Å². The predicted molar refractivity (Wildman–Crippen MR) is 115 cm³/mol. The zero-order chi connectivity index (χ0) is 22.7. The van der Waals surface area contributed by atoms with E-state index in [1.54, 1.807) is 24.3 Å². The highest BCUT2D eigenvalue weighted by atomic mass is 19.2. The van der Waals surface area contributed by atoms with Crippen molar-refractivity contribution in [2.75, 3.05) is 18.1 Å². The van der Waals surface area contributed by atoms with Crippen LogP contribution in [0.4, 0.5) is 14.5 Å². The average molecular weight is 436 g/mol. The largest absolute Gasteiger partial charge is 0.494 e. The van der Waals surface area contributed by atoms with E-state index < -0.39 is 11.6 Å². The number of nitrogens with zero attached hydrogens (tertiary/aromatic N) is 4. The summed E-state index contributed by atoms with van der Waals surface area (Å²) in [7, 11) is 0. The van der Waals surface area contributed by atoms with Gasteiger partial charge in [0.05, 0.1) is 24.8 Å². The molecule has 1 aliphatic rings. The number of amides is 1. The number of fused-ring (bicyclic) bond motifs is 1. The van der Waals surface area contributed by atoms with Gasteiger partial charge in [0, 0.05) is 29.6 Å². The molecule has 0 spiro atoms. The molecule has 6 nitrogen and oxygen atoms in total. The maximum absolute atomic E-state index is 13.8. The van der Waals surface area contributed by atoms with Gasteiger partial charge >= 0.3 is 0 Å². The van der Waals surface area contributed by atoms with Gasteiger partial charge in [-0.1, -0.05) is 0 Å². The minimum absolute atomic E-state index is 0.158. The van der Waals surface area contributed by atoms with E-state index in [0.29, 0.717) is 36.6 Å². The molecule has 164 valence electrons. The van der Waals surface area contributed by atoms with E-state index >= 15 is 0 Å². The van der Waals surface area contributed by atoms with E-state index in [-0.39, 0.29) is 24.6 Å². The first-order valence-electron chi connectivity index (χ1n) is 10.5. The van der Waals surface area contributed by atoms with Crippen LogP contribution in [0, 0.1) is 23.0 Å². The van der Waals surface area contributed by atoms with Crippen LogP contribution < -0.4 is 9.64 Å². The van der Waals surface area contributed by atoms with Crippen LogP contribution in [-0.4, -0.2) is 28.8 Å². The van der Waals surface area contributed by atoms with E-state index in [9.17, 15) is 13.6 Å².